The van der Waals surface area contributed by atoms with E-state index in [1.165, 1.54) is 17.0 Å². The summed E-state index contributed by atoms with van der Waals surface area (Å²) in [5.41, 5.74) is 0.415. The Morgan fingerprint density at radius 1 is 1.02 bits per heavy atom. The van der Waals surface area contributed by atoms with E-state index in [1.807, 2.05) is 14.0 Å². The van der Waals surface area contributed by atoms with E-state index in [0.717, 1.165) is 18.9 Å². The number of piperazine rings is 1. The van der Waals surface area contributed by atoms with Gasteiger partial charge in [0.15, 0.2) is 5.69 Å². The predicted molar refractivity (Wildman–Crippen MR) is 166 cm³/mol. The van der Waals surface area contributed by atoms with Crippen molar-refractivity contribution >= 4 is 29.3 Å². The maximum absolute atomic E-state index is 15.6. The second-order valence-electron chi connectivity index (χ2n) is 12.8. The molecule has 15 heteroatoms. The van der Waals surface area contributed by atoms with Gasteiger partial charge in [0.25, 0.3) is 11.8 Å². The summed E-state index contributed by atoms with van der Waals surface area (Å²) < 4.78 is 46.8. The van der Waals surface area contributed by atoms with Crippen LogP contribution in [0.1, 0.15) is 81.0 Å². The molecule has 1 aromatic carbocycles. The molecule has 2 aliphatic rings. The molecule has 2 aromatic rings. The van der Waals surface area contributed by atoms with Gasteiger partial charge in [-0.1, -0.05) is 44.8 Å². The molecule has 4 atom stereocenters. The van der Waals surface area contributed by atoms with Gasteiger partial charge in [-0.25, -0.2) is 9.02 Å². The zero-order valence-electron chi connectivity index (χ0n) is 27.4. The van der Waals surface area contributed by atoms with E-state index in [0.29, 0.717) is 50.5 Å². The van der Waals surface area contributed by atoms with Crippen molar-refractivity contribution in [1.82, 2.24) is 30.7 Å². The predicted octanol–water partition coefficient (Wildman–Crippen LogP) is 3.35. The van der Waals surface area contributed by atoms with E-state index in [1.54, 1.807) is 13.8 Å². The molecule has 3 N–H and O–H groups in total. The van der Waals surface area contributed by atoms with E-state index < -0.39 is 53.9 Å². The third-order valence-corrected chi connectivity index (χ3v) is 9.52. The van der Waals surface area contributed by atoms with Gasteiger partial charge in [0.1, 0.15) is 23.6 Å². The number of carbonyl (C=O) groups is 4. The third-order valence-electron chi connectivity index (χ3n) is 9.52. The number of amides is 4. The number of rotatable bonds is 11. The van der Waals surface area contributed by atoms with E-state index in [2.05, 4.69) is 38.1 Å². The standard InChI is InChI=1S/C32H44F3N7O5/c1-6-23-27(40-47-39-23)30(44)38-26(20-9-7-17(2)8-10-20)29(43)36-24-12-11-21(15-22(24)33)19(4)25(37-31(45)28(34)35)32(46)42-14-13-41(5)18(3)16-42/h11-12,15,17-20,25-26,28H,6-10,13-14,16H2,1-5H3,(H,36,43)(H,37,45)(H,38,44)/t17?,18-,19-,20?,25+,26-/m0/s1. The second kappa shape index (κ2) is 15.7. The molecule has 4 rings (SSSR count). The zero-order chi connectivity index (χ0) is 34.4. The Labute approximate surface area is 272 Å². The summed E-state index contributed by atoms with van der Waals surface area (Å²) in [7, 11) is 1.91. The Balaban J connectivity index is 1.53. The lowest BCUT2D eigenvalue weighted by Gasteiger charge is -2.40. The summed E-state index contributed by atoms with van der Waals surface area (Å²) in [6.45, 7) is 8.63. The van der Waals surface area contributed by atoms with Crippen LogP contribution in [0.3, 0.4) is 0 Å². The van der Waals surface area contributed by atoms with Gasteiger partial charge in [-0.2, -0.15) is 8.78 Å². The Hall–Kier alpha value is -4.01. The average molecular weight is 664 g/mol. The van der Waals surface area contributed by atoms with E-state index in [4.69, 9.17) is 4.63 Å². The van der Waals surface area contributed by atoms with Crippen molar-refractivity contribution in [3.05, 3.63) is 41.0 Å². The van der Waals surface area contributed by atoms with Crippen LogP contribution < -0.4 is 16.0 Å². The van der Waals surface area contributed by atoms with Crippen LogP contribution in [0.25, 0.3) is 0 Å². The highest BCUT2D eigenvalue weighted by atomic mass is 19.3. The van der Waals surface area contributed by atoms with Crippen LogP contribution in [0.5, 0.6) is 0 Å². The average Bonchev–Trinajstić information content (AvgIpc) is 3.53. The summed E-state index contributed by atoms with van der Waals surface area (Å²) in [5.74, 6) is -4.83. The van der Waals surface area contributed by atoms with Gasteiger partial charge >= 0.3 is 6.43 Å². The van der Waals surface area contributed by atoms with Crippen molar-refractivity contribution in [1.29, 1.82) is 0 Å². The molecule has 1 saturated heterocycles. The first-order valence-electron chi connectivity index (χ1n) is 16.1. The van der Waals surface area contributed by atoms with Crippen molar-refractivity contribution in [2.45, 2.75) is 90.3 Å². The van der Waals surface area contributed by atoms with E-state index >= 15 is 4.39 Å². The minimum Gasteiger partial charge on any atom is -0.339 e. The van der Waals surface area contributed by atoms with Crippen LogP contribution in [0.4, 0.5) is 18.9 Å². The molecule has 1 saturated carbocycles. The molecule has 12 nitrogen and oxygen atoms in total. The number of aryl methyl sites for hydroxylation is 1. The highest BCUT2D eigenvalue weighted by Crippen LogP contribution is 2.32. The molecule has 258 valence electrons. The number of carbonyl (C=O) groups excluding carboxylic acids is 4. The van der Waals surface area contributed by atoms with Crippen LogP contribution >= 0.6 is 0 Å². The number of anilines is 1. The molecule has 0 bridgehead atoms. The first-order chi connectivity index (χ1) is 22.3. The van der Waals surface area contributed by atoms with Crippen molar-refractivity contribution in [2.24, 2.45) is 11.8 Å². The maximum atomic E-state index is 15.6. The first kappa shape index (κ1) is 35.8. The monoisotopic (exact) mass is 663 g/mol. The van der Waals surface area contributed by atoms with Gasteiger partial charge in [0, 0.05) is 31.6 Å². The lowest BCUT2D eigenvalue weighted by Crippen LogP contribution is -2.58. The summed E-state index contributed by atoms with van der Waals surface area (Å²) in [4.78, 5) is 55.8. The van der Waals surface area contributed by atoms with Gasteiger partial charge in [0.05, 0.1) is 5.69 Å². The lowest BCUT2D eigenvalue weighted by molar-refractivity contribution is -0.142. The van der Waals surface area contributed by atoms with Crippen molar-refractivity contribution in [3.63, 3.8) is 0 Å². The molecule has 47 heavy (non-hydrogen) atoms. The SMILES string of the molecule is CCc1nonc1C(=O)N[C@H](C(=O)Nc1ccc([C@H](C)[C@@H](NC(=O)C(F)F)C(=O)N2CCN(C)[C@@H](C)C2)cc1F)C1CCC(C)CC1. The zero-order valence-corrected chi connectivity index (χ0v) is 27.4. The highest BCUT2D eigenvalue weighted by Gasteiger charge is 2.37. The van der Waals surface area contributed by atoms with Crippen LogP contribution in [0.15, 0.2) is 22.8 Å². The summed E-state index contributed by atoms with van der Waals surface area (Å²) >= 11 is 0. The number of alkyl halides is 2. The smallest absolute Gasteiger partial charge is 0.315 e. The number of likely N-dealkylation sites (N-methyl/N-ethyl adjacent to an activating group) is 1. The van der Waals surface area contributed by atoms with Crippen molar-refractivity contribution < 1.29 is 37.0 Å². The van der Waals surface area contributed by atoms with Gasteiger partial charge in [-0.05, 0) is 67.9 Å². The van der Waals surface area contributed by atoms with Crippen molar-refractivity contribution in [2.75, 3.05) is 32.0 Å². The molecule has 0 unspecified atom stereocenters. The van der Waals surface area contributed by atoms with Crippen LogP contribution in [-0.4, -0.2) is 95.0 Å². The van der Waals surface area contributed by atoms with Gasteiger partial charge in [-0.3, -0.25) is 19.2 Å². The fourth-order valence-electron chi connectivity index (χ4n) is 6.22. The molecule has 0 spiro atoms. The highest BCUT2D eigenvalue weighted by molar-refractivity contribution is 6.01. The number of nitrogens with one attached hydrogen (secondary N) is 3. The Bertz CT molecular complexity index is 1430. The third kappa shape index (κ3) is 8.67. The number of halogens is 3. The van der Waals surface area contributed by atoms with Crippen LogP contribution in [0.2, 0.25) is 0 Å². The number of nitrogens with zero attached hydrogens (tertiary/aromatic N) is 4. The topological polar surface area (TPSA) is 150 Å². The van der Waals surface area contributed by atoms with Gasteiger partial charge in [-0.15, -0.1) is 0 Å². The second-order valence-corrected chi connectivity index (χ2v) is 12.8. The maximum Gasteiger partial charge on any atom is 0.315 e. The molecular weight excluding hydrogens is 619 g/mol. The fraction of sp³-hybridized carbons (Fsp3) is 0.625. The van der Waals surface area contributed by atoms with Gasteiger partial charge in [0.2, 0.25) is 11.8 Å². The largest absolute Gasteiger partial charge is 0.339 e. The Morgan fingerprint density at radius 3 is 2.34 bits per heavy atom. The van der Waals surface area contributed by atoms with Crippen LogP contribution in [-0.2, 0) is 20.8 Å². The fourth-order valence-corrected chi connectivity index (χ4v) is 6.22. The number of hydrogen-bond acceptors (Lipinski definition) is 8. The molecule has 0 radical (unpaired) electrons. The summed E-state index contributed by atoms with van der Waals surface area (Å²) in [5, 5.41) is 14.9. The van der Waals surface area contributed by atoms with E-state index in [-0.39, 0.29) is 28.9 Å². The molecule has 4 amide bonds. The minimum absolute atomic E-state index is 0.0155. The molecule has 1 aliphatic carbocycles. The van der Waals surface area contributed by atoms with Gasteiger partial charge < -0.3 is 25.8 Å². The molecule has 1 aromatic heterocycles. The summed E-state index contributed by atoms with van der Waals surface area (Å²) in [6, 6.07) is 1.53. The van der Waals surface area contributed by atoms with Crippen molar-refractivity contribution in [3.8, 4) is 0 Å². The Morgan fingerprint density at radius 2 is 1.72 bits per heavy atom. The summed E-state index contributed by atoms with van der Waals surface area (Å²) in [6.07, 6.45) is 0.155. The lowest BCUT2D eigenvalue weighted by atomic mass is 9.79. The minimum atomic E-state index is -3.34. The normalized spacial score (nSPS) is 22.3. The number of benzene rings is 1. The number of hydrogen-bond donors (Lipinski definition) is 3. The molecular formula is C32H44F3N7O5. The Kier molecular flexibility index (Phi) is 12.0. The molecule has 2 heterocycles. The van der Waals surface area contributed by atoms with Crippen LogP contribution in [0, 0.1) is 17.7 Å². The first-order valence-corrected chi connectivity index (χ1v) is 16.1. The number of aromatic nitrogens is 2. The molecule has 1 aliphatic heterocycles. The quantitative estimate of drug-likeness (QED) is 0.332. The van der Waals surface area contributed by atoms with E-state index in [9.17, 15) is 28.0 Å². The molecule has 2 fully saturated rings.